The lowest BCUT2D eigenvalue weighted by atomic mass is 9.92. The van der Waals surface area contributed by atoms with Gasteiger partial charge in [0.25, 0.3) is 0 Å². The molecule has 0 amide bonds. The second kappa shape index (κ2) is 7.33. The van der Waals surface area contributed by atoms with Gasteiger partial charge in [-0.1, -0.05) is 77.8 Å². The van der Waals surface area contributed by atoms with E-state index in [1.807, 2.05) is 6.07 Å². The van der Waals surface area contributed by atoms with Crippen molar-refractivity contribution in [3.8, 4) is 0 Å². The Morgan fingerprint density at radius 3 is 1.80 bits per heavy atom. The van der Waals surface area contributed by atoms with Crippen LogP contribution in [0.4, 0.5) is 0 Å². The summed E-state index contributed by atoms with van der Waals surface area (Å²) >= 11 is 14.6. The fourth-order valence-electron chi connectivity index (χ4n) is 3.26. The Morgan fingerprint density at radius 2 is 1.45 bits per heavy atom. The predicted octanol–water partition coefficient (Wildman–Crippen LogP) is 5.71. The zero-order valence-corrected chi connectivity index (χ0v) is 15.9. The average molecular weight is 331 g/mol. The molecule has 1 rings (SSSR count). The van der Waals surface area contributed by atoms with E-state index in [0.717, 1.165) is 18.9 Å². The Labute approximate surface area is 135 Å². The third kappa shape index (κ3) is 2.96. The molecule has 0 spiro atoms. The molecule has 0 heterocycles. The number of hydrogen-bond donors (Lipinski definition) is 0. The molecule has 0 aliphatic rings. The molecule has 0 radical (unpaired) electrons. The van der Waals surface area contributed by atoms with Gasteiger partial charge in [0.05, 0.1) is 4.50 Å². The third-order valence-electron chi connectivity index (χ3n) is 4.98. The van der Waals surface area contributed by atoms with Crippen LogP contribution in [0.1, 0.15) is 47.5 Å². The maximum atomic E-state index is 7.31. The van der Waals surface area contributed by atoms with Gasteiger partial charge in [-0.25, -0.2) is 0 Å². The molecular weight excluding hydrogens is 303 g/mol. The molecule has 1 aromatic rings. The molecule has 0 fully saturated rings. The highest BCUT2D eigenvalue weighted by molar-refractivity contribution is 7.31. The maximum absolute atomic E-state index is 7.31. The number of benzene rings is 1. The summed E-state index contributed by atoms with van der Waals surface area (Å²) in [4.78, 5) is 0. The Hall–Kier alpha value is 0.0169. The SMILES string of the molecule is CCC(C)C(Cl)(C(C)CC)[Si](Cl)(CC)c1ccccc1. The number of rotatable bonds is 7. The first-order valence-electron chi connectivity index (χ1n) is 7.81. The van der Waals surface area contributed by atoms with Crippen LogP contribution in [0.3, 0.4) is 0 Å². The maximum Gasteiger partial charge on any atom is 0.207 e. The van der Waals surface area contributed by atoms with Crippen molar-refractivity contribution in [2.24, 2.45) is 11.8 Å². The first-order valence-corrected chi connectivity index (χ1v) is 11.4. The number of hydrogen-bond acceptors (Lipinski definition) is 0. The van der Waals surface area contributed by atoms with Gasteiger partial charge in [0.15, 0.2) is 0 Å². The minimum absolute atomic E-state index is 0.297. The van der Waals surface area contributed by atoms with Crippen LogP contribution < -0.4 is 5.19 Å². The van der Waals surface area contributed by atoms with Gasteiger partial charge in [-0.2, -0.15) is 11.1 Å². The van der Waals surface area contributed by atoms with Gasteiger partial charge in [0.1, 0.15) is 0 Å². The molecule has 0 saturated heterocycles. The molecule has 0 bridgehead atoms. The van der Waals surface area contributed by atoms with E-state index in [1.165, 1.54) is 5.19 Å². The zero-order valence-electron chi connectivity index (χ0n) is 13.4. The smallest absolute Gasteiger partial charge is 0.159 e. The summed E-state index contributed by atoms with van der Waals surface area (Å²) in [6.45, 7) is 11.2. The van der Waals surface area contributed by atoms with Crippen molar-refractivity contribution < 1.29 is 0 Å². The molecule has 0 nitrogen and oxygen atoms in total. The van der Waals surface area contributed by atoms with E-state index in [4.69, 9.17) is 22.7 Å². The van der Waals surface area contributed by atoms with Gasteiger partial charge in [-0.05, 0) is 23.1 Å². The van der Waals surface area contributed by atoms with Gasteiger partial charge in [0.2, 0.25) is 7.38 Å². The highest BCUT2D eigenvalue weighted by atomic mass is 35.6. The standard InChI is InChI=1S/C17H28Cl2Si/c1-6-14(4)17(18,15(5)7-2)20(19,8-3)16-12-10-9-11-13-16/h9-15H,6-8H2,1-5H3. The minimum atomic E-state index is -2.28. The molecule has 3 unspecified atom stereocenters. The van der Waals surface area contributed by atoms with Crippen molar-refractivity contribution in [2.45, 2.75) is 58.0 Å². The van der Waals surface area contributed by atoms with Crippen LogP contribution in [0.25, 0.3) is 0 Å². The van der Waals surface area contributed by atoms with Crippen LogP contribution in [-0.2, 0) is 0 Å². The van der Waals surface area contributed by atoms with Gasteiger partial charge in [-0.15, -0.1) is 11.6 Å². The molecule has 3 heteroatoms. The van der Waals surface area contributed by atoms with Crippen molar-refractivity contribution in [2.75, 3.05) is 0 Å². The highest BCUT2D eigenvalue weighted by Crippen LogP contribution is 2.47. The molecule has 0 aromatic heterocycles. The van der Waals surface area contributed by atoms with Crippen LogP contribution in [0.15, 0.2) is 30.3 Å². The summed E-state index contributed by atoms with van der Waals surface area (Å²) in [6, 6.07) is 11.5. The van der Waals surface area contributed by atoms with Crippen molar-refractivity contribution >= 4 is 35.3 Å². The Balaban J connectivity index is 3.42. The molecule has 0 aliphatic carbocycles. The normalized spacial score (nSPS) is 20.8. The molecular formula is C17H28Cl2Si. The van der Waals surface area contributed by atoms with Gasteiger partial charge in [0, 0.05) is 0 Å². The summed E-state index contributed by atoms with van der Waals surface area (Å²) in [5, 5.41) is 1.28. The highest BCUT2D eigenvalue weighted by Gasteiger charge is 2.56. The quantitative estimate of drug-likeness (QED) is 0.341. The lowest BCUT2D eigenvalue weighted by molar-refractivity contribution is 0.356. The molecule has 3 atom stereocenters. The third-order valence-corrected chi connectivity index (χ3v) is 13.8. The first-order chi connectivity index (χ1) is 9.38. The van der Waals surface area contributed by atoms with E-state index in [1.54, 1.807) is 0 Å². The summed E-state index contributed by atoms with van der Waals surface area (Å²) < 4.78 is -0.297. The molecule has 114 valence electrons. The van der Waals surface area contributed by atoms with Crippen LogP contribution in [-0.4, -0.2) is 11.9 Å². The van der Waals surface area contributed by atoms with Crippen molar-refractivity contribution in [3.63, 3.8) is 0 Å². The van der Waals surface area contributed by atoms with E-state index in [-0.39, 0.29) is 4.50 Å². The second-order valence-electron chi connectivity index (χ2n) is 5.91. The van der Waals surface area contributed by atoms with E-state index >= 15 is 0 Å². The Bertz CT molecular complexity index is 397. The van der Waals surface area contributed by atoms with Crippen molar-refractivity contribution in [1.82, 2.24) is 0 Å². The van der Waals surface area contributed by atoms with Crippen LogP contribution >= 0.6 is 22.7 Å². The average Bonchev–Trinajstić information content (AvgIpc) is 2.52. The molecule has 1 aromatic carbocycles. The van der Waals surface area contributed by atoms with E-state index < -0.39 is 7.38 Å². The summed E-state index contributed by atoms with van der Waals surface area (Å²) in [5.74, 6) is 0.840. The Kier molecular flexibility index (Phi) is 6.62. The van der Waals surface area contributed by atoms with E-state index in [2.05, 4.69) is 58.9 Å². The lowest BCUT2D eigenvalue weighted by Gasteiger charge is -2.48. The van der Waals surface area contributed by atoms with Gasteiger partial charge >= 0.3 is 0 Å². The molecule has 0 aliphatic heterocycles. The van der Waals surface area contributed by atoms with Crippen LogP contribution in [0.5, 0.6) is 0 Å². The minimum Gasteiger partial charge on any atom is -0.159 e. The van der Waals surface area contributed by atoms with E-state index in [9.17, 15) is 0 Å². The van der Waals surface area contributed by atoms with Crippen LogP contribution in [0, 0.1) is 11.8 Å². The zero-order chi connectivity index (χ0) is 15.4. The molecule has 20 heavy (non-hydrogen) atoms. The lowest BCUT2D eigenvalue weighted by Crippen LogP contribution is -2.64. The first kappa shape index (κ1) is 18.1. The number of halogens is 2. The van der Waals surface area contributed by atoms with Gasteiger partial charge in [-0.3, -0.25) is 0 Å². The summed E-state index contributed by atoms with van der Waals surface area (Å²) in [6.07, 6.45) is 2.14. The predicted molar refractivity (Wildman–Crippen MR) is 95.7 cm³/mol. The number of alkyl halides is 1. The molecule has 0 N–H and O–H groups in total. The second-order valence-corrected chi connectivity index (χ2v) is 12.5. The fourth-order valence-corrected chi connectivity index (χ4v) is 9.88. The summed E-state index contributed by atoms with van der Waals surface area (Å²) in [7, 11) is -2.28. The van der Waals surface area contributed by atoms with Crippen molar-refractivity contribution in [1.29, 1.82) is 0 Å². The van der Waals surface area contributed by atoms with Crippen molar-refractivity contribution in [3.05, 3.63) is 30.3 Å². The largest absolute Gasteiger partial charge is 0.207 e. The Morgan fingerprint density at radius 1 is 1.00 bits per heavy atom. The van der Waals surface area contributed by atoms with E-state index in [0.29, 0.717) is 11.8 Å². The summed E-state index contributed by atoms with van der Waals surface area (Å²) in [5.41, 5.74) is 0. The fraction of sp³-hybridized carbons (Fsp3) is 0.647. The monoisotopic (exact) mass is 330 g/mol. The van der Waals surface area contributed by atoms with Crippen LogP contribution in [0.2, 0.25) is 6.04 Å². The molecule has 0 saturated carbocycles. The van der Waals surface area contributed by atoms with Gasteiger partial charge < -0.3 is 0 Å². The topological polar surface area (TPSA) is 0 Å².